The molecule has 8 rings (SSSR count). The lowest BCUT2D eigenvalue weighted by molar-refractivity contribution is -0.392. The van der Waals surface area contributed by atoms with E-state index in [2.05, 4.69) is 5.43 Å². The molecule has 4 aromatic rings. The normalized spacial score (nSPS) is 24.4. The van der Waals surface area contributed by atoms with E-state index >= 15 is 4.79 Å². The van der Waals surface area contributed by atoms with E-state index in [1.165, 1.54) is 43.3 Å². The Morgan fingerprint density at radius 3 is 2.12 bits per heavy atom. The van der Waals surface area contributed by atoms with Crippen LogP contribution in [0.2, 0.25) is 5.02 Å². The van der Waals surface area contributed by atoms with Crippen LogP contribution in [0.15, 0.2) is 96.6 Å². The highest BCUT2D eigenvalue weighted by Crippen LogP contribution is 2.64. The first-order valence-electron chi connectivity index (χ1n) is 18.9. The Morgan fingerprint density at radius 1 is 0.900 bits per heavy atom. The number of hydrogen-bond donors (Lipinski definition) is 2. The van der Waals surface area contributed by atoms with E-state index in [0.717, 1.165) is 22.0 Å². The number of amides is 4. The number of carbonyl (C=O) groups is 4. The molecule has 2 aliphatic carbocycles. The van der Waals surface area contributed by atoms with E-state index in [1.54, 1.807) is 48.5 Å². The van der Waals surface area contributed by atoms with Crippen LogP contribution in [-0.4, -0.2) is 70.9 Å². The Bertz CT molecular complexity index is 2460. The monoisotopic (exact) mass is 838 g/mol. The summed E-state index contributed by atoms with van der Waals surface area (Å²) < 4.78 is 19.6. The number of aliphatic hydroxyl groups excluding tert-OH is 1. The number of nitrogens with one attached hydrogen (secondary N) is 1. The van der Waals surface area contributed by atoms with Gasteiger partial charge in [-0.3, -0.25) is 44.8 Å². The summed E-state index contributed by atoms with van der Waals surface area (Å²) in [6.45, 7) is -0.218. The number of hydrazine groups is 1. The van der Waals surface area contributed by atoms with E-state index in [4.69, 9.17) is 16.3 Å². The number of aliphatic hydroxyl groups is 1. The maximum Gasteiger partial charge on any atom is 0.301 e. The van der Waals surface area contributed by atoms with Gasteiger partial charge in [0.05, 0.1) is 51.0 Å². The quantitative estimate of drug-likeness (QED) is 0.0782. The maximum atomic E-state index is 15.3. The molecule has 2 N–H and O–H groups in total. The number of carbonyl (C=O) groups excluding carboxylic acids is 4. The van der Waals surface area contributed by atoms with Crippen LogP contribution in [0.3, 0.4) is 0 Å². The number of fused-ring (bicyclic) bond motifs is 4. The number of nitro groups is 2. The zero-order chi connectivity index (χ0) is 42.8. The molecule has 2 saturated heterocycles. The third kappa shape index (κ3) is 6.23. The molecule has 3 fully saturated rings. The van der Waals surface area contributed by atoms with Gasteiger partial charge in [0, 0.05) is 37.2 Å². The van der Waals surface area contributed by atoms with Crippen molar-refractivity contribution in [3.05, 3.63) is 139 Å². The number of ether oxygens (including phenoxy) is 1. The van der Waals surface area contributed by atoms with Gasteiger partial charge >= 0.3 is 11.4 Å². The van der Waals surface area contributed by atoms with Gasteiger partial charge in [0.15, 0.2) is 5.69 Å². The Kier molecular flexibility index (Phi) is 10.1. The topological polar surface area (TPSA) is 206 Å². The number of rotatable bonds is 11. The molecular formula is C42H36ClFN6O10. The standard InChI is InChI=1S/C42H36ClFN6O10/c1-46(2)37-33(49(56)57)19-27(20-34(37)50(58)59)47-38(52)30-16-15-29-31(35(30)40(47)54)21-32-39(53)48(45-26-11-9-25(44)10-12-26)41(55)42(32,23-5-7-24(43)8-6-23)36(29)22-3-13-28(14-4-22)60-18-17-51/h3-15,19-20,30-32,35-36,45,51H,16-18,21H2,1-2H3/t30-,31+,32-,35-,36-,42+/m0/s1. The van der Waals surface area contributed by atoms with Crippen LogP contribution in [0.5, 0.6) is 5.75 Å². The lowest BCUT2D eigenvalue weighted by atomic mass is 9.49. The fourth-order valence-electron chi connectivity index (χ4n) is 9.66. The molecule has 0 radical (unpaired) electrons. The van der Waals surface area contributed by atoms with Crippen LogP contribution in [-0.2, 0) is 24.6 Å². The smallest absolute Gasteiger partial charge is 0.301 e. The van der Waals surface area contributed by atoms with Crippen LogP contribution in [0.1, 0.15) is 29.9 Å². The summed E-state index contributed by atoms with van der Waals surface area (Å²) in [5.74, 6) is -7.93. The van der Waals surface area contributed by atoms with Gasteiger partial charge in [-0.15, -0.1) is 0 Å². The number of nitrogens with zero attached hydrogens (tertiary/aromatic N) is 5. The minimum absolute atomic E-state index is 0.00673. The van der Waals surface area contributed by atoms with Gasteiger partial charge in [-0.2, -0.15) is 5.01 Å². The van der Waals surface area contributed by atoms with Gasteiger partial charge in [-0.05, 0) is 78.4 Å². The Labute approximate surface area is 346 Å². The highest BCUT2D eigenvalue weighted by Gasteiger charge is 2.70. The number of benzene rings is 4. The molecule has 0 aromatic heterocycles. The summed E-state index contributed by atoms with van der Waals surface area (Å²) in [7, 11) is 2.79. The average Bonchev–Trinajstić information content (AvgIpc) is 3.61. The molecule has 60 heavy (non-hydrogen) atoms. The van der Waals surface area contributed by atoms with E-state index in [1.807, 2.05) is 6.08 Å². The molecule has 6 atom stereocenters. The van der Waals surface area contributed by atoms with Crippen LogP contribution in [0.25, 0.3) is 0 Å². The maximum absolute atomic E-state index is 15.3. The van der Waals surface area contributed by atoms with E-state index in [0.29, 0.717) is 27.5 Å². The largest absolute Gasteiger partial charge is 0.491 e. The number of nitro benzene ring substituents is 2. The van der Waals surface area contributed by atoms with Crippen LogP contribution in [0.4, 0.5) is 32.8 Å². The first-order valence-corrected chi connectivity index (χ1v) is 19.3. The molecular weight excluding hydrogens is 803 g/mol. The van der Waals surface area contributed by atoms with Gasteiger partial charge < -0.3 is 14.7 Å². The lowest BCUT2D eigenvalue weighted by Crippen LogP contribution is -2.53. The minimum atomic E-state index is -1.66. The molecule has 16 nitrogen and oxygen atoms in total. The molecule has 308 valence electrons. The fraction of sp³-hybridized carbons (Fsp3) is 0.286. The first-order chi connectivity index (χ1) is 28.7. The third-order valence-corrected chi connectivity index (χ3v) is 12.2. The van der Waals surface area contributed by atoms with Gasteiger partial charge in [-0.1, -0.05) is 47.5 Å². The second-order valence-corrected chi connectivity index (χ2v) is 15.7. The number of anilines is 3. The third-order valence-electron chi connectivity index (χ3n) is 12.0. The fourth-order valence-corrected chi connectivity index (χ4v) is 9.79. The number of halogens is 2. The summed E-state index contributed by atoms with van der Waals surface area (Å²) in [6.07, 6.45) is 1.72. The Morgan fingerprint density at radius 2 is 1.53 bits per heavy atom. The summed E-state index contributed by atoms with van der Waals surface area (Å²) in [6, 6.07) is 20.4. The van der Waals surface area contributed by atoms with Crippen molar-refractivity contribution >= 4 is 63.7 Å². The van der Waals surface area contributed by atoms with Gasteiger partial charge in [-0.25, -0.2) is 9.29 Å². The molecule has 4 aliphatic rings. The highest BCUT2D eigenvalue weighted by molar-refractivity contribution is 6.30. The van der Waals surface area contributed by atoms with Gasteiger partial charge in [0.25, 0.3) is 11.8 Å². The van der Waals surface area contributed by atoms with E-state index in [9.17, 15) is 44.1 Å². The van der Waals surface area contributed by atoms with Crippen molar-refractivity contribution in [3.8, 4) is 5.75 Å². The van der Waals surface area contributed by atoms with Crippen molar-refractivity contribution in [1.82, 2.24) is 5.01 Å². The van der Waals surface area contributed by atoms with Crippen molar-refractivity contribution in [2.45, 2.75) is 24.2 Å². The second kappa shape index (κ2) is 15.1. The van der Waals surface area contributed by atoms with Gasteiger partial charge in [0.1, 0.15) is 18.2 Å². The van der Waals surface area contributed by atoms with Crippen LogP contribution in [0, 0.1) is 49.7 Å². The minimum Gasteiger partial charge on any atom is -0.491 e. The Hall–Kier alpha value is -6.72. The molecule has 0 spiro atoms. The Balaban J connectivity index is 1.29. The van der Waals surface area contributed by atoms with Crippen molar-refractivity contribution in [2.75, 3.05) is 42.5 Å². The van der Waals surface area contributed by atoms with Gasteiger partial charge in [0.2, 0.25) is 11.8 Å². The van der Waals surface area contributed by atoms with Crippen molar-refractivity contribution in [2.24, 2.45) is 23.7 Å². The molecule has 2 aliphatic heterocycles. The summed E-state index contributed by atoms with van der Waals surface area (Å²) in [5.41, 5.74) is 1.05. The zero-order valence-electron chi connectivity index (χ0n) is 32.0. The number of hydrogen-bond acceptors (Lipinski definition) is 12. The van der Waals surface area contributed by atoms with E-state index < -0.39 is 85.7 Å². The molecule has 4 aromatic carbocycles. The van der Waals surface area contributed by atoms with Crippen LogP contribution >= 0.6 is 11.6 Å². The molecule has 0 bridgehead atoms. The summed E-state index contributed by atoms with van der Waals surface area (Å²) in [5, 5.41) is 35.1. The molecule has 18 heteroatoms. The van der Waals surface area contributed by atoms with Crippen LogP contribution < -0.4 is 20.0 Å². The lowest BCUT2D eigenvalue weighted by Gasteiger charge is -2.50. The highest BCUT2D eigenvalue weighted by atomic mass is 35.5. The number of allylic oxidation sites excluding steroid dienone is 2. The van der Waals surface area contributed by atoms with Crippen molar-refractivity contribution in [3.63, 3.8) is 0 Å². The molecule has 1 saturated carbocycles. The van der Waals surface area contributed by atoms with Crippen molar-refractivity contribution < 1.29 is 43.3 Å². The average molecular weight is 839 g/mol. The first kappa shape index (κ1) is 40.1. The zero-order valence-corrected chi connectivity index (χ0v) is 32.7. The molecule has 0 unspecified atom stereocenters. The molecule has 2 heterocycles. The van der Waals surface area contributed by atoms with Crippen molar-refractivity contribution in [1.29, 1.82) is 0 Å². The summed E-state index contributed by atoms with van der Waals surface area (Å²) in [4.78, 5) is 84.2. The predicted octanol–water partition coefficient (Wildman–Crippen LogP) is 5.92. The SMILES string of the molecule is CN(C)c1c([N+](=O)[O-])cc(N2C(=O)[C@H]3[C@H](CC=C4[C@H]3C[C@H]3C(=O)N(Nc5ccc(F)cc5)C(=O)[C@@]3(c3ccc(Cl)cc3)[C@H]4c3ccc(OCCO)cc3)C2=O)cc1[N+](=O)[O-]. The predicted molar refractivity (Wildman–Crippen MR) is 215 cm³/mol. The number of imide groups is 2. The second-order valence-electron chi connectivity index (χ2n) is 15.3. The molecule has 4 amide bonds. The summed E-state index contributed by atoms with van der Waals surface area (Å²) >= 11 is 6.36. The van der Waals surface area contributed by atoms with E-state index in [-0.39, 0.29) is 43.1 Å².